The highest BCUT2D eigenvalue weighted by atomic mass is 35.5. The van der Waals surface area contributed by atoms with Crippen molar-refractivity contribution in [3.63, 3.8) is 0 Å². The fraction of sp³-hybridized carbons (Fsp3) is 0.143. The van der Waals surface area contributed by atoms with E-state index in [0.717, 1.165) is 11.3 Å². The van der Waals surface area contributed by atoms with Crippen LogP contribution in [0.5, 0.6) is 0 Å². The van der Waals surface area contributed by atoms with Crippen molar-refractivity contribution >= 4 is 29.1 Å². The second-order valence-corrected chi connectivity index (χ2v) is 4.45. The van der Waals surface area contributed by atoms with Gasteiger partial charge in [-0.05, 0) is 18.2 Å². The zero-order valence-corrected chi connectivity index (χ0v) is 11.5. The van der Waals surface area contributed by atoms with Crippen molar-refractivity contribution in [3.05, 3.63) is 52.7 Å². The quantitative estimate of drug-likeness (QED) is 0.884. The van der Waals surface area contributed by atoms with Gasteiger partial charge in [-0.2, -0.15) is 0 Å². The number of rotatable bonds is 5. The minimum Gasteiger partial charge on any atom is -0.476 e. The molecule has 0 bridgehead atoms. The first-order valence-corrected chi connectivity index (χ1v) is 6.23. The number of nitrogens with zero attached hydrogens (tertiary/aromatic N) is 1. The van der Waals surface area contributed by atoms with Gasteiger partial charge in [0.15, 0.2) is 5.69 Å². The highest BCUT2D eigenvalue weighted by Gasteiger charge is 2.12. The third-order valence-electron chi connectivity index (χ3n) is 2.63. The van der Waals surface area contributed by atoms with Gasteiger partial charge in [-0.25, -0.2) is 9.78 Å². The van der Waals surface area contributed by atoms with E-state index in [4.69, 9.17) is 21.4 Å². The maximum atomic E-state index is 11.0. The summed E-state index contributed by atoms with van der Waals surface area (Å²) < 4.78 is 5.11. The lowest BCUT2D eigenvalue weighted by Gasteiger charge is -2.11. The Balaban J connectivity index is 2.31. The van der Waals surface area contributed by atoms with Crippen molar-refractivity contribution in [2.45, 2.75) is 6.61 Å². The van der Waals surface area contributed by atoms with Crippen molar-refractivity contribution in [1.29, 1.82) is 0 Å². The number of aromatic carboxylic acids is 1. The topological polar surface area (TPSA) is 71.5 Å². The second-order valence-electron chi connectivity index (χ2n) is 4.05. The molecule has 20 heavy (non-hydrogen) atoms. The summed E-state index contributed by atoms with van der Waals surface area (Å²) in [4.78, 5) is 15.0. The van der Waals surface area contributed by atoms with Gasteiger partial charge in [0, 0.05) is 18.4 Å². The lowest BCUT2D eigenvalue weighted by atomic mass is 10.2. The first kappa shape index (κ1) is 14.3. The lowest BCUT2D eigenvalue weighted by Crippen LogP contribution is -2.05. The molecule has 0 amide bonds. The van der Waals surface area contributed by atoms with E-state index in [1.165, 1.54) is 6.07 Å². The van der Waals surface area contributed by atoms with Crippen LogP contribution in [0.4, 0.5) is 11.5 Å². The van der Waals surface area contributed by atoms with Gasteiger partial charge in [-0.1, -0.05) is 29.8 Å². The molecule has 2 N–H and O–H groups in total. The zero-order chi connectivity index (χ0) is 14.5. The normalized spacial score (nSPS) is 10.3. The van der Waals surface area contributed by atoms with Gasteiger partial charge in [-0.3, -0.25) is 0 Å². The molecule has 0 aliphatic heterocycles. The zero-order valence-electron chi connectivity index (χ0n) is 10.8. The molecule has 0 spiro atoms. The van der Waals surface area contributed by atoms with Gasteiger partial charge in [0.25, 0.3) is 0 Å². The summed E-state index contributed by atoms with van der Waals surface area (Å²) >= 11 is 5.78. The SMILES string of the molecule is COCc1ccccc1Nc1ccc(Cl)c(C(=O)O)n1. The maximum Gasteiger partial charge on any atom is 0.356 e. The molecule has 0 fully saturated rings. The van der Waals surface area contributed by atoms with Gasteiger partial charge in [0.1, 0.15) is 5.82 Å². The summed E-state index contributed by atoms with van der Waals surface area (Å²) in [7, 11) is 1.61. The van der Waals surface area contributed by atoms with Crippen LogP contribution in [0.25, 0.3) is 0 Å². The van der Waals surface area contributed by atoms with E-state index in [2.05, 4.69) is 10.3 Å². The molecule has 0 aliphatic carbocycles. The average Bonchev–Trinajstić information content (AvgIpc) is 2.43. The van der Waals surface area contributed by atoms with Gasteiger partial charge in [-0.15, -0.1) is 0 Å². The van der Waals surface area contributed by atoms with E-state index in [1.54, 1.807) is 13.2 Å². The summed E-state index contributed by atoms with van der Waals surface area (Å²) in [5, 5.41) is 12.2. The van der Waals surface area contributed by atoms with E-state index < -0.39 is 5.97 Å². The number of carbonyl (C=O) groups is 1. The molecule has 2 rings (SSSR count). The molecule has 0 saturated carbocycles. The van der Waals surface area contributed by atoms with Gasteiger partial charge in [0.05, 0.1) is 11.6 Å². The molecule has 0 unspecified atom stereocenters. The number of hydrogen-bond acceptors (Lipinski definition) is 4. The number of halogens is 1. The molecular weight excluding hydrogens is 280 g/mol. The third kappa shape index (κ3) is 3.26. The molecule has 6 heteroatoms. The van der Waals surface area contributed by atoms with Crippen LogP contribution < -0.4 is 5.32 Å². The number of para-hydroxylation sites is 1. The minimum absolute atomic E-state index is 0.105. The number of carboxylic acid groups (broad SMARTS) is 1. The molecule has 1 aromatic heterocycles. The molecule has 0 aliphatic rings. The smallest absolute Gasteiger partial charge is 0.356 e. The van der Waals surface area contributed by atoms with Gasteiger partial charge >= 0.3 is 5.97 Å². The van der Waals surface area contributed by atoms with Gasteiger partial charge in [0.2, 0.25) is 0 Å². The second kappa shape index (κ2) is 6.36. The van der Waals surface area contributed by atoms with Crippen LogP contribution in [-0.4, -0.2) is 23.2 Å². The fourth-order valence-electron chi connectivity index (χ4n) is 1.72. The summed E-state index contributed by atoms with van der Waals surface area (Å²) in [5.74, 6) is -0.751. The largest absolute Gasteiger partial charge is 0.476 e. The summed E-state index contributed by atoms with van der Waals surface area (Å²) in [6, 6.07) is 10.7. The number of pyridine rings is 1. The number of methoxy groups -OCH3 is 1. The molecule has 0 radical (unpaired) electrons. The maximum absolute atomic E-state index is 11.0. The number of hydrogen-bond donors (Lipinski definition) is 2. The Kier molecular flexibility index (Phi) is 4.55. The first-order valence-electron chi connectivity index (χ1n) is 5.85. The van der Waals surface area contributed by atoms with E-state index in [-0.39, 0.29) is 10.7 Å². The number of aromatic nitrogens is 1. The van der Waals surface area contributed by atoms with E-state index in [0.29, 0.717) is 12.4 Å². The minimum atomic E-state index is -1.16. The lowest BCUT2D eigenvalue weighted by molar-refractivity contribution is 0.0691. The number of benzene rings is 1. The van der Waals surface area contributed by atoms with Crippen molar-refractivity contribution < 1.29 is 14.6 Å². The molecule has 104 valence electrons. The predicted molar refractivity (Wildman–Crippen MR) is 76.6 cm³/mol. The Labute approximate surface area is 121 Å². The number of carboxylic acids is 1. The van der Waals surface area contributed by atoms with Crippen LogP contribution in [-0.2, 0) is 11.3 Å². The van der Waals surface area contributed by atoms with Crippen molar-refractivity contribution in [1.82, 2.24) is 4.98 Å². The van der Waals surface area contributed by atoms with E-state index >= 15 is 0 Å². The highest BCUT2D eigenvalue weighted by molar-refractivity contribution is 6.33. The molecule has 5 nitrogen and oxygen atoms in total. The van der Waals surface area contributed by atoms with E-state index in [9.17, 15) is 4.79 Å². The Morgan fingerprint density at radius 3 is 2.80 bits per heavy atom. The third-order valence-corrected chi connectivity index (χ3v) is 2.93. The van der Waals surface area contributed by atoms with Crippen LogP contribution in [0.3, 0.4) is 0 Å². The van der Waals surface area contributed by atoms with Crippen LogP contribution in [0.1, 0.15) is 16.1 Å². The van der Waals surface area contributed by atoms with Crippen molar-refractivity contribution in [2.75, 3.05) is 12.4 Å². The Hall–Kier alpha value is -2.11. The number of nitrogens with one attached hydrogen (secondary N) is 1. The van der Waals surface area contributed by atoms with Gasteiger partial charge < -0.3 is 15.2 Å². The predicted octanol–water partition coefficient (Wildman–Crippen LogP) is 3.32. The standard InChI is InChI=1S/C14H13ClN2O3/c1-20-8-9-4-2-3-5-11(9)16-12-7-6-10(15)13(17-12)14(18)19/h2-7H,8H2,1H3,(H,16,17)(H,18,19). The van der Waals surface area contributed by atoms with Crippen LogP contribution in [0.2, 0.25) is 5.02 Å². The number of ether oxygens (including phenoxy) is 1. The van der Waals surface area contributed by atoms with Crippen molar-refractivity contribution in [3.8, 4) is 0 Å². The van der Waals surface area contributed by atoms with Crippen LogP contribution in [0, 0.1) is 0 Å². The molecule has 1 aromatic carbocycles. The summed E-state index contributed by atoms with van der Waals surface area (Å²) in [6.07, 6.45) is 0. The summed E-state index contributed by atoms with van der Waals surface area (Å²) in [5.41, 5.74) is 1.57. The van der Waals surface area contributed by atoms with E-state index in [1.807, 2.05) is 24.3 Å². The average molecular weight is 293 g/mol. The molecule has 2 aromatic rings. The highest BCUT2D eigenvalue weighted by Crippen LogP contribution is 2.23. The molecule has 0 saturated heterocycles. The Morgan fingerprint density at radius 2 is 2.10 bits per heavy atom. The Morgan fingerprint density at radius 1 is 1.35 bits per heavy atom. The fourth-order valence-corrected chi connectivity index (χ4v) is 1.91. The molecular formula is C14H13ClN2O3. The van der Waals surface area contributed by atoms with Crippen molar-refractivity contribution in [2.24, 2.45) is 0 Å². The Bertz CT molecular complexity index is 632. The molecule has 1 heterocycles. The number of anilines is 2. The monoisotopic (exact) mass is 292 g/mol. The first-order chi connectivity index (χ1) is 9.61. The molecule has 0 atom stereocenters. The van der Waals surface area contributed by atoms with Crippen LogP contribution in [0.15, 0.2) is 36.4 Å². The summed E-state index contributed by atoms with van der Waals surface area (Å²) in [6.45, 7) is 0.447. The van der Waals surface area contributed by atoms with Crippen LogP contribution >= 0.6 is 11.6 Å².